The van der Waals surface area contributed by atoms with Crippen LogP contribution in [-0.4, -0.2) is 53.9 Å². The number of hydrogen-bond donors (Lipinski definition) is 3. The van der Waals surface area contributed by atoms with Gasteiger partial charge in [0.2, 0.25) is 10.0 Å². The van der Waals surface area contributed by atoms with E-state index in [0.29, 0.717) is 19.0 Å². The molecule has 3 N–H and O–H groups in total. The van der Waals surface area contributed by atoms with Gasteiger partial charge in [0, 0.05) is 26.2 Å². The van der Waals surface area contributed by atoms with Gasteiger partial charge in [0.15, 0.2) is 5.96 Å². The second-order valence-electron chi connectivity index (χ2n) is 5.66. The number of rotatable bonds is 11. The molecule has 0 aliphatic carbocycles. The van der Waals surface area contributed by atoms with Crippen LogP contribution in [0, 0.1) is 0 Å². The van der Waals surface area contributed by atoms with E-state index in [1.54, 1.807) is 7.11 Å². The van der Waals surface area contributed by atoms with E-state index in [9.17, 15) is 8.42 Å². The fraction of sp³-hybridized carbons (Fsp3) is 0.588. The minimum absolute atomic E-state index is 0. The van der Waals surface area contributed by atoms with E-state index >= 15 is 0 Å². The van der Waals surface area contributed by atoms with Crippen molar-refractivity contribution in [3.05, 3.63) is 29.8 Å². The molecule has 1 aromatic carbocycles. The first-order chi connectivity index (χ1) is 11.9. The van der Waals surface area contributed by atoms with Crippen molar-refractivity contribution < 1.29 is 13.2 Å². The van der Waals surface area contributed by atoms with Gasteiger partial charge in [0.25, 0.3) is 0 Å². The number of methoxy groups -OCH3 is 1. The summed E-state index contributed by atoms with van der Waals surface area (Å²) in [6.45, 7) is 4.31. The number of sulfonamides is 1. The van der Waals surface area contributed by atoms with Gasteiger partial charge in [-0.25, -0.2) is 13.1 Å². The predicted molar refractivity (Wildman–Crippen MR) is 118 cm³/mol. The maximum Gasteiger partial charge on any atom is 0.208 e. The van der Waals surface area contributed by atoms with Gasteiger partial charge in [-0.05, 0) is 43.9 Å². The van der Waals surface area contributed by atoms with Crippen molar-refractivity contribution in [3.8, 4) is 5.75 Å². The summed E-state index contributed by atoms with van der Waals surface area (Å²) in [6, 6.07) is 8.13. The highest BCUT2D eigenvalue weighted by atomic mass is 127. The Hall–Kier alpha value is -1.07. The number of aliphatic imine (C=N–C) groups is 1. The van der Waals surface area contributed by atoms with Crippen LogP contribution in [0.1, 0.15) is 25.3 Å². The van der Waals surface area contributed by atoms with Crippen LogP contribution in [0.4, 0.5) is 0 Å². The maximum absolute atomic E-state index is 11.0. The van der Waals surface area contributed by atoms with Gasteiger partial charge in [-0.3, -0.25) is 4.99 Å². The number of guanidine groups is 1. The fourth-order valence-electron chi connectivity index (χ4n) is 2.18. The molecule has 0 unspecified atom stereocenters. The number of nitrogens with one attached hydrogen (secondary N) is 3. The molecule has 7 nitrogen and oxygen atoms in total. The van der Waals surface area contributed by atoms with Crippen molar-refractivity contribution in [2.45, 2.75) is 26.2 Å². The molecule has 0 radical (unpaired) electrons. The van der Waals surface area contributed by atoms with Crippen LogP contribution in [-0.2, 0) is 16.4 Å². The zero-order chi connectivity index (χ0) is 18.5. The third-order valence-electron chi connectivity index (χ3n) is 3.43. The second-order valence-corrected chi connectivity index (χ2v) is 7.49. The third kappa shape index (κ3) is 12.3. The van der Waals surface area contributed by atoms with E-state index in [2.05, 4.69) is 32.5 Å². The Bertz CT molecular complexity index is 621. The molecule has 0 fully saturated rings. The lowest BCUT2D eigenvalue weighted by Crippen LogP contribution is -2.41. The molecule has 150 valence electrons. The molecule has 0 amide bonds. The highest BCUT2D eigenvalue weighted by Gasteiger charge is 2.01. The number of benzene rings is 1. The summed E-state index contributed by atoms with van der Waals surface area (Å²) in [5, 5.41) is 6.26. The summed E-state index contributed by atoms with van der Waals surface area (Å²) < 4.78 is 29.6. The Labute approximate surface area is 174 Å². The van der Waals surface area contributed by atoms with Crippen molar-refractivity contribution in [2.75, 3.05) is 39.5 Å². The number of aryl methyl sites for hydroxylation is 1. The summed E-state index contributed by atoms with van der Waals surface area (Å²) in [4.78, 5) is 4.50. The van der Waals surface area contributed by atoms with Gasteiger partial charge >= 0.3 is 0 Å². The Morgan fingerprint density at radius 3 is 2.38 bits per heavy atom. The zero-order valence-electron chi connectivity index (χ0n) is 15.7. The summed E-state index contributed by atoms with van der Waals surface area (Å²) in [6.07, 6.45) is 4.21. The average Bonchev–Trinajstić information content (AvgIpc) is 2.58. The van der Waals surface area contributed by atoms with Crippen molar-refractivity contribution in [1.82, 2.24) is 15.4 Å². The highest BCUT2D eigenvalue weighted by molar-refractivity contribution is 14.0. The topological polar surface area (TPSA) is 91.8 Å². The van der Waals surface area contributed by atoms with Gasteiger partial charge in [-0.1, -0.05) is 12.1 Å². The lowest BCUT2D eigenvalue weighted by Gasteiger charge is -2.11. The van der Waals surface area contributed by atoms with Crippen LogP contribution in [0.3, 0.4) is 0 Å². The van der Waals surface area contributed by atoms with Crippen molar-refractivity contribution in [2.24, 2.45) is 4.99 Å². The minimum atomic E-state index is -3.15. The number of unbranched alkanes of at least 4 members (excludes halogenated alkanes) is 1. The van der Waals surface area contributed by atoms with Gasteiger partial charge in [0.1, 0.15) is 5.75 Å². The molecule has 0 bridgehead atoms. The van der Waals surface area contributed by atoms with Crippen LogP contribution in [0.2, 0.25) is 0 Å². The van der Waals surface area contributed by atoms with Gasteiger partial charge in [-0.2, -0.15) is 0 Å². The third-order valence-corrected chi connectivity index (χ3v) is 4.16. The van der Waals surface area contributed by atoms with Crippen LogP contribution < -0.4 is 20.1 Å². The van der Waals surface area contributed by atoms with Crippen molar-refractivity contribution in [1.29, 1.82) is 0 Å². The van der Waals surface area contributed by atoms with Crippen LogP contribution >= 0.6 is 24.0 Å². The Balaban J connectivity index is 0.00000625. The van der Waals surface area contributed by atoms with E-state index in [0.717, 1.165) is 44.4 Å². The second kappa shape index (κ2) is 14.0. The normalized spacial score (nSPS) is 11.6. The highest BCUT2D eigenvalue weighted by Crippen LogP contribution is 2.13. The maximum atomic E-state index is 11.0. The first kappa shape index (κ1) is 24.9. The molecular formula is C17H31IN4O3S. The number of hydrogen-bond acceptors (Lipinski definition) is 4. The first-order valence-electron chi connectivity index (χ1n) is 8.54. The first-order valence-corrected chi connectivity index (χ1v) is 10.4. The standard InChI is InChI=1S/C17H30N4O3S.HI/c1-4-18-17(20-13-14-21-25(3,22)23)19-12-6-5-7-15-8-10-16(24-2)11-9-15;/h8-11,21H,4-7,12-14H2,1-3H3,(H2,18,19,20);1H. The van der Waals surface area contributed by atoms with E-state index in [1.807, 2.05) is 19.1 Å². The Kier molecular flexibility index (Phi) is 13.5. The molecule has 0 atom stereocenters. The van der Waals surface area contributed by atoms with Gasteiger partial charge in [0.05, 0.1) is 13.4 Å². The molecule has 0 saturated carbocycles. The van der Waals surface area contributed by atoms with E-state index in [1.165, 1.54) is 5.56 Å². The average molecular weight is 498 g/mol. The summed E-state index contributed by atoms with van der Waals surface area (Å²) in [7, 11) is -1.48. The molecule has 1 rings (SSSR count). The zero-order valence-corrected chi connectivity index (χ0v) is 18.9. The molecule has 9 heteroatoms. The SMILES string of the molecule is CCNC(=NCCCCc1ccc(OC)cc1)NCCNS(C)(=O)=O.I. The largest absolute Gasteiger partial charge is 0.497 e. The monoisotopic (exact) mass is 498 g/mol. The predicted octanol–water partition coefficient (Wildman–Crippen LogP) is 1.74. The summed E-state index contributed by atoms with van der Waals surface area (Å²) in [5.74, 6) is 1.59. The molecule has 0 heterocycles. The smallest absolute Gasteiger partial charge is 0.208 e. The Morgan fingerprint density at radius 2 is 1.81 bits per heavy atom. The molecule has 0 aromatic heterocycles. The summed E-state index contributed by atoms with van der Waals surface area (Å²) in [5.41, 5.74) is 1.29. The van der Waals surface area contributed by atoms with Crippen LogP contribution in [0.5, 0.6) is 5.75 Å². The molecule has 26 heavy (non-hydrogen) atoms. The summed E-state index contributed by atoms with van der Waals surface area (Å²) >= 11 is 0. The number of halogens is 1. The van der Waals surface area contributed by atoms with Crippen molar-refractivity contribution >= 4 is 40.0 Å². The lowest BCUT2D eigenvalue weighted by molar-refractivity contribution is 0.414. The molecule has 0 aliphatic rings. The van der Waals surface area contributed by atoms with E-state index in [-0.39, 0.29) is 24.0 Å². The lowest BCUT2D eigenvalue weighted by atomic mass is 10.1. The minimum Gasteiger partial charge on any atom is -0.497 e. The number of nitrogens with zero attached hydrogens (tertiary/aromatic N) is 1. The number of ether oxygens (including phenoxy) is 1. The molecule has 1 aromatic rings. The molecule has 0 aliphatic heterocycles. The fourth-order valence-corrected chi connectivity index (χ4v) is 2.66. The van der Waals surface area contributed by atoms with Crippen molar-refractivity contribution in [3.63, 3.8) is 0 Å². The Morgan fingerprint density at radius 1 is 1.12 bits per heavy atom. The molecule has 0 spiro atoms. The quantitative estimate of drug-likeness (QED) is 0.187. The molecular weight excluding hydrogens is 467 g/mol. The van der Waals surface area contributed by atoms with Gasteiger partial charge < -0.3 is 15.4 Å². The van der Waals surface area contributed by atoms with Crippen LogP contribution in [0.15, 0.2) is 29.3 Å². The molecule has 0 saturated heterocycles. The van der Waals surface area contributed by atoms with E-state index in [4.69, 9.17) is 4.74 Å². The van der Waals surface area contributed by atoms with Gasteiger partial charge in [-0.15, -0.1) is 24.0 Å². The van der Waals surface area contributed by atoms with E-state index < -0.39 is 10.0 Å². The van der Waals surface area contributed by atoms with Crippen LogP contribution in [0.25, 0.3) is 0 Å².